The maximum Gasteiger partial charge on any atom is 0.164 e. The predicted molar refractivity (Wildman–Crippen MR) is 96.7 cm³/mol. The number of hydrogen-bond acceptors (Lipinski definition) is 8. The van der Waals surface area contributed by atoms with E-state index in [2.05, 4.69) is 4.99 Å². The Kier molecular flexibility index (Phi) is 4.15. The number of carbonyl (C=O) groups excluding carboxylic acids is 1. The smallest absolute Gasteiger partial charge is 0.164 e. The Morgan fingerprint density at radius 1 is 1.28 bits per heavy atom. The molecule has 3 aliphatic rings. The van der Waals surface area contributed by atoms with Gasteiger partial charge in [0.2, 0.25) is 0 Å². The van der Waals surface area contributed by atoms with Crippen LogP contribution in [0.1, 0.15) is 6.92 Å². The molecule has 0 saturated carbocycles. The van der Waals surface area contributed by atoms with Crippen LogP contribution in [-0.4, -0.2) is 61.9 Å². The second-order valence-electron chi connectivity index (χ2n) is 6.31. The maximum absolute atomic E-state index is 12.0. The van der Waals surface area contributed by atoms with Gasteiger partial charge in [0.25, 0.3) is 0 Å². The zero-order chi connectivity index (χ0) is 17.6. The number of carbonyl (C=O) groups is 1. The van der Waals surface area contributed by atoms with Crippen LogP contribution in [0.15, 0.2) is 23.2 Å². The van der Waals surface area contributed by atoms with Gasteiger partial charge in [-0.1, -0.05) is 11.8 Å². The van der Waals surface area contributed by atoms with Crippen molar-refractivity contribution in [1.82, 2.24) is 0 Å². The van der Waals surface area contributed by atoms with Gasteiger partial charge in [0.1, 0.15) is 19.0 Å². The number of thioether (sulfide) groups is 1. The van der Waals surface area contributed by atoms with Gasteiger partial charge in [-0.2, -0.15) is 0 Å². The number of ketones is 1. The van der Waals surface area contributed by atoms with Crippen molar-refractivity contribution in [2.24, 2.45) is 4.99 Å². The van der Waals surface area contributed by atoms with E-state index in [0.29, 0.717) is 35.6 Å². The third-order valence-electron chi connectivity index (χ3n) is 4.32. The molecular formula is C16H18N2O5S2. The quantitative estimate of drug-likeness (QED) is 0.774. The number of aliphatic imine (C=N–C) groups is 1. The number of Topliss-reactive ketones (excluding diaryl/α,β-unsaturated/α-hetero) is 1. The Bertz CT molecular complexity index is 852. The molecule has 0 radical (unpaired) electrons. The average Bonchev–Trinajstić information content (AvgIpc) is 3.03. The Labute approximate surface area is 150 Å². The van der Waals surface area contributed by atoms with Crippen LogP contribution in [0.4, 0.5) is 5.69 Å². The van der Waals surface area contributed by atoms with Gasteiger partial charge >= 0.3 is 0 Å². The highest BCUT2D eigenvalue weighted by Crippen LogP contribution is 2.39. The maximum atomic E-state index is 12.0. The second-order valence-corrected chi connectivity index (χ2v) is 9.41. The summed E-state index contributed by atoms with van der Waals surface area (Å²) < 4.78 is 35.2. The molecule has 2 atom stereocenters. The lowest BCUT2D eigenvalue weighted by molar-refractivity contribution is -0.114. The fourth-order valence-electron chi connectivity index (χ4n) is 3.28. The topological polar surface area (TPSA) is 85.3 Å². The standard InChI is InChI=1S/C16H18N2O5S2/c1-10(19)7-24-16-17-12-8-25(20,21)9-13(12)18(16)11-2-3-14-15(6-11)23-5-4-22-14/h2-3,6,12-13H,4-5,7-9H2,1H3. The van der Waals surface area contributed by atoms with E-state index in [-0.39, 0.29) is 29.4 Å². The van der Waals surface area contributed by atoms with Crippen LogP contribution in [0.3, 0.4) is 0 Å². The van der Waals surface area contributed by atoms with E-state index in [1.54, 1.807) is 0 Å². The summed E-state index contributed by atoms with van der Waals surface area (Å²) in [6.07, 6.45) is 0. The first-order chi connectivity index (χ1) is 11.9. The van der Waals surface area contributed by atoms with Gasteiger partial charge in [-0.3, -0.25) is 9.79 Å². The molecule has 134 valence electrons. The molecule has 0 spiro atoms. The molecule has 7 nitrogen and oxygen atoms in total. The summed E-state index contributed by atoms with van der Waals surface area (Å²) >= 11 is 1.35. The van der Waals surface area contributed by atoms with Gasteiger partial charge in [0, 0.05) is 11.8 Å². The molecule has 0 aliphatic carbocycles. The Hall–Kier alpha value is -1.74. The molecule has 1 aromatic rings. The highest BCUT2D eigenvalue weighted by molar-refractivity contribution is 8.14. The third kappa shape index (κ3) is 3.22. The molecule has 9 heteroatoms. The first-order valence-electron chi connectivity index (χ1n) is 8.02. The van der Waals surface area contributed by atoms with Gasteiger partial charge in [-0.15, -0.1) is 0 Å². The monoisotopic (exact) mass is 382 g/mol. The minimum absolute atomic E-state index is 0.0551. The van der Waals surface area contributed by atoms with Crippen molar-refractivity contribution in [3.8, 4) is 11.5 Å². The lowest BCUT2D eigenvalue weighted by atomic mass is 10.1. The number of ether oxygens (including phenoxy) is 2. The number of fused-ring (bicyclic) bond motifs is 2. The SMILES string of the molecule is CC(=O)CSC1=NC2CS(=O)(=O)CC2N1c1ccc2c(c1)OCCO2. The predicted octanol–water partition coefficient (Wildman–Crippen LogP) is 1.12. The van der Waals surface area contributed by atoms with E-state index < -0.39 is 9.84 Å². The minimum atomic E-state index is -3.10. The van der Waals surface area contributed by atoms with Gasteiger partial charge in [0.15, 0.2) is 26.5 Å². The fourth-order valence-corrected chi connectivity index (χ4v) is 6.05. The summed E-state index contributed by atoms with van der Waals surface area (Å²) in [7, 11) is -3.10. The van der Waals surface area contributed by atoms with Gasteiger partial charge in [0.05, 0.1) is 29.3 Å². The minimum Gasteiger partial charge on any atom is -0.486 e. The number of benzene rings is 1. The van der Waals surface area contributed by atoms with E-state index in [9.17, 15) is 13.2 Å². The molecule has 1 fully saturated rings. The normalized spacial score (nSPS) is 26.3. The van der Waals surface area contributed by atoms with Gasteiger partial charge in [-0.25, -0.2) is 8.42 Å². The molecule has 25 heavy (non-hydrogen) atoms. The number of rotatable bonds is 3. The number of sulfone groups is 1. The van der Waals surface area contributed by atoms with E-state index in [1.807, 2.05) is 23.1 Å². The Balaban J connectivity index is 1.68. The zero-order valence-corrected chi connectivity index (χ0v) is 15.3. The fraction of sp³-hybridized carbons (Fsp3) is 0.500. The van der Waals surface area contributed by atoms with Crippen LogP contribution >= 0.6 is 11.8 Å². The summed E-state index contributed by atoms with van der Waals surface area (Å²) in [5, 5.41) is 0.691. The molecule has 1 aromatic carbocycles. The molecule has 3 aliphatic heterocycles. The average molecular weight is 382 g/mol. The largest absolute Gasteiger partial charge is 0.486 e. The molecule has 1 saturated heterocycles. The van der Waals surface area contributed by atoms with E-state index in [4.69, 9.17) is 9.47 Å². The van der Waals surface area contributed by atoms with Crippen molar-refractivity contribution in [2.45, 2.75) is 19.0 Å². The van der Waals surface area contributed by atoms with Crippen LogP contribution in [0.2, 0.25) is 0 Å². The first kappa shape index (κ1) is 16.7. The molecule has 0 bridgehead atoms. The van der Waals surface area contributed by atoms with E-state index >= 15 is 0 Å². The summed E-state index contributed by atoms with van der Waals surface area (Å²) in [5.74, 6) is 1.82. The summed E-state index contributed by atoms with van der Waals surface area (Å²) in [6, 6.07) is 5.04. The highest BCUT2D eigenvalue weighted by Gasteiger charge is 2.47. The van der Waals surface area contributed by atoms with Crippen LogP contribution < -0.4 is 14.4 Å². The second kappa shape index (κ2) is 6.21. The molecule has 3 heterocycles. The van der Waals surface area contributed by atoms with Crippen molar-refractivity contribution in [3.63, 3.8) is 0 Å². The van der Waals surface area contributed by atoms with E-state index in [0.717, 1.165) is 5.69 Å². The van der Waals surface area contributed by atoms with Crippen LogP contribution in [-0.2, 0) is 14.6 Å². The van der Waals surface area contributed by atoms with Crippen LogP contribution in [0.5, 0.6) is 11.5 Å². The van der Waals surface area contributed by atoms with Crippen LogP contribution in [0, 0.1) is 0 Å². The van der Waals surface area contributed by atoms with Crippen molar-refractivity contribution in [2.75, 3.05) is 35.4 Å². The molecule has 2 unspecified atom stereocenters. The zero-order valence-electron chi connectivity index (χ0n) is 13.7. The molecule has 0 amide bonds. The van der Waals surface area contributed by atoms with Crippen molar-refractivity contribution in [3.05, 3.63) is 18.2 Å². The Morgan fingerprint density at radius 3 is 2.80 bits per heavy atom. The lowest BCUT2D eigenvalue weighted by Crippen LogP contribution is -2.39. The molecule has 0 aromatic heterocycles. The molecule has 0 N–H and O–H groups in total. The van der Waals surface area contributed by atoms with Crippen molar-refractivity contribution >= 4 is 38.2 Å². The number of hydrogen-bond donors (Lipinski definition) is 0. The molecule has 4 rings (SSSR count). The highest BCUT2D eigenvalue weighted by atomic mass is 32.2. The number of anilines is 1. The van der Waals surface area contributed by atoms with Crippen molar-refractivity contribution in [1.29, 1.82) is 0 Å². The molecular weight excluding hydrogens is 364 g/mol. The summed E-state index contributed by atoms with van der Waals surface area (Å²) in [6.45, 7) is 2.53. The Morgan fingerprint density at radius 2 is 2.04 bits per heavy atom. The van der Waals surface area contributed by atoms with Crippen molar-refractivity contribution < 1.29 is 22.7 Å². The lowest BCUT2D eigenvalue weighted by Gasteiger charge is -2.28. The number of amidine groups is 1. The first-order valence-corrected chi connectivity index (χ1v) is 10.8. The number of nitrogens with zero attached hydrogens (tertiary/aromatic N) is 2. The third-order valence-corrected chi connectivity index (χ3v) is 7.13. The van der Waals surface area contributed by atoms with E-state index in [1.165, 1.54) is 18.7 Å². The van der Waals surface area contributed by atoms with Crippen LogP contribution in [0.25, 0.3) is 0 Å². The summed E-state index contributed by atoms with van der Waals surface area (Å²) in [4.78, 5) is 17.9. The summed E-state index contributed by atoms with van der Waals surface area (Å²) in [5.41, 5.74) is 0.809. The van der Waals surface area contributed by atoms with Gasteiger partial charge in [-0.05, 0) is 19.1 Å². The van der Waals surface area contributed by atoms with Gasteiger partial charge < -0.3 is 14.4 Å².